The normalized spacial score (nSPS) is 18.1. The van der Waals surface area contributed by atoms with Crippen LogP contribution in [0.5, 0.6) is 17.2 Å². The summed E-state index contributed by atoms with van der Waals surface area (Å²) in [6.07, 6.45) is 0. The molecule has 0 aliphatic carbocycles. The predicted octanol–water partition coefficient (Wildman–Crippen LogP) is 6.04. The standard InChI is InChI=1S/C32H33NO6/c1-6-37-24-14-10-22(15-19(24)2)29(34)27-28(21-8-11-23(12-9-21)32(3,4)5)33(31(36)30(27)35)17-20-7-13-25-26(16-20)39-18-38-25/h7-16,28,34H,6,17-18H2,1-5H3/b29-27+. The Morgan fingerprint density at radius 3 is 2.38 bits per heavy atom. The lowest BCUT2D eigenvalue weighted by Crippen LogP contribution is -2.29. The first-order valence-electron chi connectivity index (χ1n) is 13.1. The maximum atomic E-state index is 13.5. The number of carbonyl (C=O) groups is 2. The maximum Gasteiger partial charge on any atom is 0.295 e. The van der Waals surface area contributed by atoms with E-state index in [1.807, 2.05) is 50.2 Å². The molecule has 1 saturated heterocycles. The lowest BCUT2D eigenvalue weighted by atomic mass is 9.85. The molecule has 1 fully saturated rings. The molecular weight excluding hydrogens is 494 g/mol. The highest BCUT2D eigenvalue weighted by Crippen LogP contribution is 2.42. The van der Waals surface area contributed by atoms with Gasteiger partial charge < -0.3 is 24.2 Å². The number of carbonyl (C=O) groups excluding carboxylic acids is 2. The lowest BCUT2D eigenvalue weighted by molar-refractivity contribution is -0.140. The molecule has 7 nitrogen and oxygen atoms in total. The summed E-state index contributed by atoms with van der Waals surface area (Å²) in [6, 6.07) is 17.8. The molecule has 39 heavy (non-hydrogen) atoms. The summed E-state index contributed by atoms with van der Waals surface area (Å²) in [5.41, 5.74) is 3.93. The number of hydrogen-bond donors (Lipinski definition) is 1. The molecule has 1 unspecified atom stereocenters. The van der Waals surface area contributed by atoms with Crippen LogP contribution in [0.2, 0.25) is 0 Å². The minimum absolute atomic E-state index is 0.0628. The Morgan fingerprint density at radius 2 is 1.72 bits per heavy atom. The smallest absolute Gasteiger partial charge is 0.295 e. The van der Waals surface area contributed by atoms with Gasteiger partial charge in [-0.2, -0.15) is 0 Å². The third kappa shape index (κ3) is 4.97. The quantitative estimate of drug-likeness (QED) is 0.239. The molecule has 3 aromatic carbocycles. The fraction of sp³-hybridized carbons (Fsp3) is 0.312. The molecule has 7 heteroatoms. The van der Waals surface area contributed by atoms with Gasteiger partial charge in [0, 0.05) is 12.1 Å². The number of amides is 1. The predicted molar refractivity (Wildman–Crippen MR) is 148 cm³/mol. The Bertz CT molecular complexity index is 1460. The number of ketones is 1. The second-order valence-electron chi connectivity index (χ2n) is 10.9. The topological polar surface area (TPSA) is 85.3 Å². The van der Waals surface area contributed by atoms with E-state index in [4.69, 9.17) is 14.2 Å². The summed E-state index contributed by atoms with van der Waals surface area (Å²) in [7, 11) is 0. The van der Waals surface area contributed by atoms with Crippen molar-refractivity contribution in [3.05, 3.63) is 94.1 Å². The second kappa shape index (κ2) is 10.1. The highest BCUT2D eigenvalue weighted by molar-refractivity contribution is 6.46. The average molecular weight is 528 g/mol. The van der Waals surface area contributed by atoms with Crippen molar-refractivity contribution in [2.24, 2.45) is 0 Å². The van der Waals surface area contributed by atoms with Crippen LogP contribution < -0.4 is 14.2 Å². The van der Waals surface area contributed by atoms with E-state index in [-0.39, 0.29) is 30.1 Å². The van der Waals surface area contributed by atoms with Crippen molar-refractivity contribution in [3.8, 4) is 17.2 Å². The number of hydrogen-bond acceptors (Lipinski definition) is 6. The molecule has 2 aliphatic rings. The summed E-state index contributed by atoms with van der Waals surface area (Å²) < 4.78 is 16.6. The molecule has 0 spiro atoms. The van der Waals surface area contributed by atoms with Crippen molar-refractivity contribution in [2.45, 2.75) is 52.6 Å². The zero-order chi connectivity index (χ0) is 27.9. The van der Waals surface area contributed by atoms with Crippen LogP contribution in [0.3, 0.4) is 0 Å². The van der Waals surface area contributed by atoms with Gasteiger partial charge in [-0.25, -0.2) is 0 Å². The maximum absolute atomic E-state index is 13.5. The van der Waals surface area contributed by atoms with E-state index in [2.05, 4.69) is 20.8 Å². The van der Waals surface area contributed by atoms with Crippen LogP contribution in [0.15, 0.2) is 66.2 Å². The van der Waals surface area contributed by atoms with E-state index in [0.717, 1.165) is 22.3 Å². The van der Waals surface area contributed by atoms with E-state index in [0.29, 0.717) is 29.4 Å². The zero-order valence-corrected chi connectivity index (χ0v) is 22.9. The van der Waals surface area contributed by atoms with Gasteiger partial charge in [-0.15, -0.1) is 0 Å². The number of aliphatic hydroxyl groups is 1. The third-order valence-corrected chi connectivity index (χ3v) is 7.17. The van der Waals surface area contributed by atoms with Gasteiger partial charge in [0.25, 0.3) is 11.7 Å². The van der Waals surface area contributed by atoms with Crippen LogP contribution in [0.1, 0.15) is 61.6 Å². The van der Waals surface area contributed by atoms with Gasteiger partial charge in [-0.1, -0.05) is 51.1 Å². The van der Waals surface area contributed by atoms with Gasteiger partial charge in [0.05, 0.1) is 18.2 Å². The number of benzene rings is 3. The number of fused-ring (bicyclic) bond motifs is 1. The second-order valence-corrected chi connectivity index (χ2v) is 10.9. The molecule has 0 aromatic heterocycles. The van der Waals surface area contributed by atoms with Gasteiger partial charge in [-0.3, -0.25) is 9.59 Å². The number of Topliss-reactive ketones (excluding diaryl/α,β-unsaturated/α-hetero) is 1. The van der Waals surface area contributed by atoms with E-state index in [1.165, 1.54) is 4.90 Å². The van der Waals surface area contributed by atoms with E-state index >= 15 is 0 Å². The van der Waals surface area contributed by atoms with E-state index < -0.39 is 17.7 Å². The highest BCUT2D eigenvalue weighted by Gasteiger charge is 2.46. The Hall–Kier alpha value is -4.26. The van der Waals surface area contributed by atoms with Crippen molar-refractivity contribution in [1.82, 2.24) is 4.90 Å². The van der Waals surface area contributed by atoms with Crippen LogP contribution in [0, 0.1) is 6.92 Å². The van der Waals surface area contributed by atoms with Crippen LogP contribution in [-0.4, -0.2) is 35.1 Å². The third-order valence-electron chi connectivity index (χ3n) is 7.17. The van der Waals surface area contributed by atoms with Crippen LogP contribution in [0.25, 0.3) is 5.76 Å². The minimum atomic E-state index is -0.767. The molecule has 1 atom stereocenters. The SMILES string of the molecule is CCOc1ccc(/C(O)=C2\C(=O)C(=O)N(Cc3ccc4c(c3)OCO4)C2c2ccc(C(C)(C)C)cc2)cc1C. The number of ether oxygens (including phenoxy) is 3. The lowest BCUT2D eigenvalue weighted by Gasteiger charge is -2.27. The van der Waals surface area contributed by atoms with Gasteiger partial charge in [-0.05, 0) is 71.8 Å². The van der Waals surface area contributed by atoms with Crippen molar-refractivity contribution in [2.75, 3.05) is 13.4 Å². The molecule has 2 heterocycles. The first kappa shape index (κ1) is 26.4. The number of nitrogens with zero attached hydrogens (tertiary/aromatic N) is 1. The fourth-order valence-corrected chi connectivity index (χ4v) is 5.06. The molecule has 2 aliphatic heterocycles. The number of aliphatic hydroxyl groups excluding tert-OH is 1. The molecule has 0 bridgehead atoms. The van der Waals surface area contributed by atoms with Crippen molar-refractivity contribution in [3.63, 3.8) is 0 Å². The number of aryl methyl sites for hydroxylation is 1. The molecule has 0 saturated carbocycles. The van der Waals surface area contributed by atoms with Crippen LogP contribution in [0.4, 0.5) is 0 Å². The Labute approximate surface area is 228 Å². The van der Waals surface area contributed by atoms with Crippen molar-refractivity contribution < 1.29 is 28.9 Å². The van der Waals surface area contributed by atoms with Gasteiger partial charge in [0.15, 0.2) is 11.5 Å². The molecule has 3 aromatic rings. The summed E-state index contributed by atoms with van der Waals surface area (Å²) in [5, 5.41) is 11.5. The Balaban J connectivity index is 1.60. The van der Waals surface area contributed by atoms with Crippen LogP contribution >= 0.6 is 0 Å². The minimum Gasteiger partial charge on any atom is -0.507 e. The molecule has 5 rings (SSSR count). The molecule has 1 N–H and O–H groups in total. The fourth-order valence-electron chi connectivity index (χ4n) is 5.06. The molecule has 1 amide bonds. The first-order chi connectivity index (χ1) is 18.6. The van der Waals surface area contributed by atoms with Gasteiger partial charge >= 0.3 is 0 Å². The van der Waals surface area contributed by atoms with Crippen LogP contribution in [-0.2, 0) is 21.5 Å². The molecular formula is C32H33NO6. The summed E-state index contributed by atoms with van der Waals surface area (Å²) >= 11 is 0. The first-order valence-corrected chi connectivity index (χ1v) is 13.1. The number of rotatable bonds is 6. The van der Waals surface area contributed by atoms with Crippen molar-refractivity contribution in [1.29, 1.82) is 0 Å². The van der Waals surface area contributed by atoms with Gasteiger partial charge in [0.2, 0.25) is 6.79 Å². The monoisotopic (exact) mass is 527 g/mol. The van der Waals surface area contributed by atoms with E-state index in [1.54, 1.807) is 24.3 Å². The van der Waals surface area contributed by atoms with Gasteiger partial charge in [0.1, 0.15) is 11.5 Å². The average Bonchev–Trinajstić information content (AvgIpc) is 3.47. The zero-order valence-electron chi connectivity index (χ0n) is 22.9. The number of likely N-dealkylation sites (tertiary alicyclic amines) is 1. The van der Waals surface area contributed by atoms with Crippen molar-refractivity contribution >= 4 is 17.4 Å². The van der Waals surface area contributed by atoms with E-state index in [9.17, 15) is 14.7 Å². The Kier molecular flexibility index (Phi) is 6.85. The summed E-state index contributed by atoms with van der Waals surface area (Å²) in [5.74, 6) is 0.344. The summed E-state index contributed by atoms with van der Waals surface area (Å²) in [6.45, 7) is 11.0. The highest BCUT2D eigenvalue weighted by atomic mass is 16.7. The Morgan fingerprint density at radius 1 is 1.00 bits per heavy atom. The molecule has 0 radical (unpaired) electrons. The molecule has 202 valence electrons. The summed E-state index contributed by atoms with van der Waals surface area (Å²) in [4.78, 5) is 28.5. The largest absolute Gasteiger partial charge is 0.507 e.